The van der Waals surface area contributed by atoms with Crippen molar-refractivity contribution in [2.45, 2.75) is 65.1 Å². The Morgan fingerprint density at radius 3 is 2.61 bits per heavy atom. The van der Waals surface area contributed by atoms with Crippen LogP contribution in [0.4, 0.5) is 0 Å². The standard InChI is InChI=1S/C14H28N2O2/c1-6-10(2)12(13(17)18-14(3,4)5)16-11-7-8-15-9-11/h10-12,15-16H,6-9H2,1-5H3/t10-,11-,12-/m0/s1. The third kappa shape index (κ3) is 4.94. The zero-order valence-electron chi connectivity index (χ0n) is 12.4. The molecule has 0 saturated carbocycles. The summed E-state index contributed by atoms with van der Waals surface area (Å²) in [5, 5.41) is 6.76. The van der Waals surface area contributed by atoms with Crippen molar-refractivity contribution < 1.29 is 9.53 Å². The molecule has 1 aliphatic heterocycles. The fraction of sp³-hybridized carbons (Fsp3) is 0.929. The molecule has 3 atom stereocenters. The Bertz CT molecular complexity index is 267. The zero-order valence-corrected chi connectivity index (χ0v) is 12.4. The number of carbonyl (C=O) groups is 1. The summed E-state index contributed by atoms with van der Waals surface area (Å²) in [7, 11) is 0. The van der Waals surface area contributed by atoms with Crippen LogP contribution in [0, 0.1) is 5.92 Å². The van der Waals surface area contributed by atoms with Crippen molar-refractivity contribution in [3.63, 3.8) is 0 Å². The van der Waals surface area contributed by atoms with Crippen molar-refractivity contribution in [2.24, 2.45) is 5.92 Å². The minimum Gasteiger partial charge on any atom is -0.459 e. The molecule has 1 fully saturated rings. The van der Waals surface area contributed by atoms with E-state index in [1.165, 1.54) is 0 Å². The third-order valence-electron chi connectivity index (χ3n) is 3.35. The highest BCUT2D eigenvalue weighted by Gasteiger charge is 2.31. The molecule has 1 saturated heterocycles. The Morgan fingerprint density at radius 2 is 2.17 bits per heavy atom. The van der Waals surface area contributed by atoms with Crippen LogP contribution in [0.1, 0.15) is 47.5 Å². The Hall–Kier alpha value is -0.610. The molecule has 18 heavy (non-hydrogen) atoms. The number of rotatable bonds is 5. The van der Waals surface area contributed by atoms with Crippen LogP contribution in [0.2, 0.25) is 0 Å². The van der Waals surface area contributed by atoms with E-state index in [9.17, 15) is 4.79 Å². The molecule has 0 amide bonds. The van der Waals surface area contributed by atoms with E-state index in [-0.39, 0.29) is 12.0 Å². The van der Waals surface area contributed by atoms with Crippen LogP contribution < -0.4 is 10.6 Å². The Balaban J connectivity index is 2.61. The number of hydrogen-bond donors (Lipinski definition) is 2. The van der Waals surface area contributed by atoms with Gasteiger partial charge in [-0.3, -0.25) is 4.79 Å². The summed E-state index contributed by atoms with van der Waals surface area (Å²) in [5.41, 5.74) is -0.418. The topological polar surface area (TPSA) is 50.4 Å². The van der Waals surface area contributed by atoms with E-state index in [0.717, 1.165) is 25.9 Å². The molecule has 1 rings (SSSR count). The average molecular weight is 256 g/mol. The minimum absolute atomic E-state index is 0.122. The molecule has 4 nitrogen and oxygen atoms in total. The number of nitrogens with one attached hydrogen (secondary N) is 2. The second-order valence-corrected chi connectivity index (χ2v) is 6.25. The summed E-state index contributed by atoms with van der Waals surface area (Å²) >= 11 is 0. The lowest BCUT2D eigenvalue weighted by atomic mass is 9.97. The monoisotopic (exact) mass is 256 g/mol. The van der Waals surface area contributed by atoms with Gasteiger partial charge in [0.25, 0.3) is 0 Å². The van der Waals surface area contributed by atoms with E-state index in [2.05, 4.69) is 24.5 Å². The number of ether oxygens (including phenoxy) is 1. The fourth-order valence-electron chi connectivity index (χ4n) is 2.12. The van der Waals surface area contributed by atoms with Crippen LogP contribution in [0.15, 0.2) is 0 Å². The molecule has 106 valence electrons. The average Bonchev–Trinajstić information content (AvgIpc) is 2.75. The van der Waals surface area contributed by atoms with Crippen molar-refractivity contribution in [1.29, 1.82) is 0 Å². The van der Waals surface area contributed by atoms with Gasteiger partial charge in [-0.25, -0.2) is 0 Å². The first kappa shape index (κ1) is 15.4. The van der Waals surface area contributed by atoms with E-state index in [0.29, 0.717) is 12.0 Å². The highest BCUT2D eigenvalue weighted by molar-refractivity contribution is 5.76. The maximum atomic E-state index is 12.2. The second kappa shape index (κ2) is 6.53. The summed E-state index contributed by atoms with van der Waals surface area (Å²) in [5.74, 6) is 0.171. The summed E-state index contributed by atoms with van der Waals surface area (Å²) < 4.78 is 5.51. The van der Waals surface area contributed by atoms with Crippen molar-refractivity contribution in [3.05, 3.63) is 0 Å². The van der Waals surface area contributed by atoms with Gasteiger partial charge in [-0.2, -0.15) is 0 Å². The predicted octanol–water partition coefficient (Wildman–Crippen LogP) is 1.69. The Morgan fingerprint density at radius 1 is 1.50 bits per heavy atom. The summed E-state index contributed by atoms with van der Waals surface area (Å²) in [6.45, 7) is 11.9. The van der Waals surface area contributed by atoms with Crippen molar-refractivity contribution in [1.82, 2.24) is 10.6 Å². The fourth-order valence-corrected chi connectivity index (χ4v) is 2.12. The highest BCUT2D eigenvalue weighted by atomic mass is 16.6. The molecule has 0 aromatic carbocycles. The van der Waals surface area contributed by atoms with Gasteiger partial charge >= 0.3 is 5.97 Å². The van der Waals surface area contributed by atoms with Crippen LogP contribution >= 0.6 is 0 Å². The van der Waals surface area contributed by atoms with E-state index in [4.69, 9.17) is 4.74 Å². The largest absolute Gasteiger partial charge is 0.459 e. The van der Waals surface area contributed by atoms with Gasteiger partial charge in [0.15, 0.2) is 0 Å². The third-order valence-corrected chi connectivity index (χ3v) is 3.35. The van der Waals surface area contributed by atoms with E-state index in [1.54, 1.807) is 0 Å². The Labute approximate surface area is 111 Å². The lowest BCUT2D eigenvalue weighted by Gasteiger charge is -2.29. The van der Waals surface area contributed by atoms with Crippen LogP contribution in [0.3, 0.4) is 0 Å². The van der Waals surface area contributed by atoms with Gasteiger partial charge in [-0.05, 0) is 39.7 Å². The van der Waals surface area contributed by atoms with Gasteiger partial charge in [-0.15, -0.1) is 0 Å². The molecule has 0 spiro atoms. The molecule has 1 aliphatic rings. The van der Waals surface area contributed by atoms with Gasteiger partial charge in [-0.1, -0.05) is 20.3 Å². The molecule has 4 heteroatoms. The summed E-state index contributed by atoms with van der Waals surface area (Å²) in [4.78, 5) is 12.2. The molecular formula is C14H28N2O2. The maximum Gasteiger partial charge on any atom is 0.323 e. The molecule has 0 bridgehead atoms. The van der Waals surface area contributed by atoms with Gasteiger partial charge in [0.05, 0.1) is 0 Å². The van der Waals surface area contributed by atoms with E-state index >= 15 is 0 Å². The summed E-state index contributed by atoms with van der Waals surface area (Å²) in [6.07, 6.45) is 2.05. The van der Waals surface area contributed by atoms with Crippen molar-refractivity contribution in [2.75, 3.05) is 13.1 Å². The first-order chi connectivity index (χ1) is 8.33. The summed E-state index contributed by atoms with van der Waals surface area (Å²) in [6, 6.07) is 0.190. The molecule has 1 heterocycles. The minimum atomic E-state index is -0.418. The number of esters is 1. The van der Waals surface area contributed by atoms with Crippen LogP contribution in [0.25, 0.3) is 0 Å². The molecule has 0 aliphatic carbocycles. The number of hydrogen-bond acceptors (Lipinski definition) is 4. The van der Waals surface area contributed by atoms with Gasteiger partial charge in [0.2, 0.25) is 0 Å². The molecule has 0 radical (unpaired) electrons. The van der Waals surface area contributed by atoms with Crippen molar-refractivity contribution >= 4 is 5.97 Å². The normalized spacial score (nSPS) is 23.7. The molecule has 2 N–H and O–H groups in total. The van der Waals surface area contributed by atoms with Gasteiger partial charge < -0.3 is 15.4 Å². The zero-order chi connectivity index (χ0) is 13.8. The molecule has 0 aromatic heterocycles. The quantitative estimate of drug-likeness (QED) is 0.735. The lowest BCUT2D eigenvalue weighted by Crippen LogP contribution is -2.50. The number of carbonyl (C=O) groups excluding carboxylic acids is 1. The smallest absolute Gasteiger partial charge is 0.323 e. The Kier molecular flexibility index (Phi) is 5.60. The highest BCUT2D eigenvalue weighted by Crippen LogP contribution is 2.16. The van der Waals surface area contributed by atoms with Crippen LogP contribution in [-0.2, 0) is 9.53 Å². The molecule has 0 aromatic rings. The first-order valence-electron chi connectivity index (χ1n) is 7.03. The van der Waals surface area contributed by atoms with Crippen LogP contribution in [0.5, 0.6) is 0 Å². The molecular weight excluding hydrogens is 228 g/mol. The van der Waals surface area contributed by atoms with Gasteiger partial charge in [0, 0.05) is 12.6 Å². The SMILES string of the molecule is CC[C@H](C)[C@H](N[C@H]1CCNC1)C(=O)OC(C)(C)C. The van der Waals surface area contributed by atoms with E-state index in [1.807, 2.05) is 20.8 Å². The van der Waals surface area contributed by atoms with Crippen molar-refractivity contribution in [3.8, 4) is 0 Å². The van der Waals surface area contributed by atoms with Gasteiger partial charge in [0.1, 0.15) is 11.6 Å². The first-order valence-corrected chi connectivity index (χ1v) is 7.03. The second-order valence-electron chi connectivity index (χ2n) is 6.25. The maximum absolute atomic E-state index is 12.2. The van der Waals surface area contributed by atoms with E-state index < -0.39 is 5.60 Å². The predicted molar refractivity (Wildman–Crippen MR) is 73.5 cm³/mol. The lowest BCUT2D eigenvalue weighted by molar-refractivity contribution is -0.159. The van der Waals surface area contributed by atoms with Crippen LogP contribution in [-0.4, -0.2) is 36.7 Å². The molecule has 0 unspecified atom stereocenters.